The van der Waals surface area contributed by atoms with E-state index in [2.05, 4.69) is 76.1 Å². The average molecular weight is 464 g/mol. The molecule has 0 bridgehead atoms. The van der Waals surface area contributed by atoms with Crippen LogP contribution in [-0.2, 0) is 23.8 Å². The van der Waals surface area contributed by atoms with E-state index >= 15 is 0 Å². The first kappa shape index (κ1) is 25.0. The number of hydrogen-bond acceptors (Lipinski definition) is 4. The minimum absolute atomic E-state index is 0.107. The van der Waals surface area contributed by atoms with Crippen LogP contribution in [0.2, 0.25) is 0 Å². The summed E-state index contributed by atoms with van der Waals surface area (Å²) in [5.41, 5.74) is 11.2. The number of phenolic OH excluding ortho intramolecular Hbond substituents is 1. The van der Waals surface area contributed by atoms with Gasteiger partial charge < -0.3 is 16.2 Å². The lowest BCUT2D eigenvalue weighted by atomic mass is 9.78. The maximum atomic E-state index is 10.9. The fourth-order valence-electron chi connectivity index (χ4n) is 3.75. The summed E-state index contributed by atoms with van der Waals surface area (Å²) < 4.78 is 0. The number of rotatable bonds is 7. The van der Waals surface area contributed by atoms with E-state index in [1.54, 1.807) is 11.3 Å². The molecule has 0 saturated carbocycles. The molecule has 1 heterocycles. The number of amidine groups is 1. The van der Waals surface area contributed by atoms with E-state index in [1.807, 2.05) is 29.6 Å². The summed E-state index contributed by atoms with van der Waals surface area (Å²) in [7, 11) is 0. The Morgan fingerprint density at radius 2 is 1.55 bits per heavy atom. The van der Waals surface area contributed by atoms with E-state index < -0.39 is 0 Å². The molecule has 5 heteroatoms. The first-order chi connectivity index (χ1) is 15.4. The highest BCUT2D eigenvalue weighted by molar-refractivity contribution is 7.12. The monoisotopic (exact) mass is 463 g/mol. The van der Waals surface area contributed by atoms with Crippen LogP contribution in [0.5, 0.6) is 5.75 Å². The average Bonchev–Trinajstić information content (AvgIpc) is 3.26. The highest BCUT2D eigenvalue weighted by Crippen LogP contribution is 2.39. The molecule has 0 unspecified atom stereocenters. The van der Waals surface area contributed by atoms with Crippen molar-refractivity contribution in [3.63, 3.8) is 0 Å². The Balaban J connectivity index is 1.61. The van der Waals surface area contributed by atoms with Gasteiger partial charge in [-0.2, -0.15) is 0 Å². The second-order valence-corrected chi connectivity index (χ2v) is 11.6. The van der Waals surface area contributed by atoms with Crippen LogP contribution in [0.3, 0.4) is 0 Å². The number of aliphatic imine (C=N–C) groups is 1. The zero-order chi connectivity index (χ0) is 24.2. The molecule has 33 heavy (non-hydrogen) atoms. The van der Waals surface area contributed by atoms with E-state index in [0.717, 1.165) is 41.2 Å². The fourth-order valence-corrected chi connectivity index (χ4v) is 4.38. The van der Waals surface area contributed by atoms with Crippen molar-refractivity contribution in [1.82, 2.24) is 5.32 Å². The number of hydrogen-bond donors (Lipinski definition) is 3. The van der Waals surface area contributed by atoms with Crippen LogP contribution in [0.15, 0.2) is 58.9 Å². The molecule has 4 N–H and O–H groups in total. The molecular weight excluding hydrogens is 426 g/mol. The van der Waals surface area contributed by atoms with Crippen LogP contribution in [0.1, 0.15) is 68.7 Å². The Labute approximate surface area is 202 Å². The molecule has 0 fully saturated rings. The quantitative estimate of drug-likeness (QED) is 0.215. The van der Waals surface area contributed by atoms with Crippen molar-refractivity contribution < 1.29 is 5.11 Å². The largest absolute Gasteiger partial charge is 0.507 e. The molecule has 176 valence electrons. The second-order valence-electron chi connectivity index (χ2n) is 10.6. The summed E-state index contributed by atoms with van der Waals surface area (Å²) >= 11 is 1.59. The van der Waals surface area contributed by atoms with Gasteiger partial charge in [-0.05, 0) is 69.6 Å². The van der Waals surface area contributed by atoms with Gasteiger partial charge in [0.25, 0.3) is 0 Å². The first-order valence-corrected chi connectivity index (χ1v) is 12.4. The minimum Gasteiger partial charge on any atom is -0.507 e. The third-order valence-corrected chi connectivity index (χ3v) is 6.56. The molecule has 0 aliphatic heterocycles. The molecule has 2 aromatic carbocycles. The standard InChI is InChI=1S/C28H37N3OS/c1-27(2,3)22-16-20(17-23(25(22)32)28(4,5)6)13-14-30-18-19-9-11-21(12-10-19)31-26(29)24-8-7-15-33-24/h7-12,15-17,30,32H,13-14,18H2,1-6H3,(H2,29,31). The van der Waals surface area contributed by atoms with Crippen LogP contribution in [0, 0.1) is 0 Å². The predicted octanol–water partition coefficient (Wildman–Crippen LogP) is 6.42. The smallest absolute Gasteiger partial charge is 0.141 e. The molecule has 0 radical (unpaired) electrons. The lowest BCUT2D eigenvalue weighted by Crippen LogP contribution is -2.20. The molecule has 0 aliphatic carbocycles. The van der Waals surface area contributed by atoms with Crippen LogP contribution in [0.25, 0.3) is 0 Å². The molecule has 0 amide bonds. The number of thiophene rings is 1. The van der Waals surface area contributed by atoms with Crippen molar-refractivity contribution in [3.05, 3.63) is 81.0 Å². The Morgan fingerprint density at radius 3 is 2.06 bits per heavy atom. The maximum Gasteiger partial charge on any atom is 0.141 e. The van der Waals surface area contributed by atoms with E-state index in [4.69, 9.17) is 5.73 Å². The fraction of sp³-hybridized carbons (Fsp3) is 0.393. The van der Waals surface area contributed by atoms with E-state index in [9.17, 15) is 5.11 Å². The highest BCUT2D eigenvalue weighted by atomic mass is 32.1. The van der Waals surface area contributed by atoms with Gasteiger partial charge in [0, 0.05) is 6.54 Å². The van der Waals surface area contributed by atoms with E-state index in [0.29, 0.717) is 11.6 Å². The topological polar surface area (TPSA) is 70.6 Å². The summed E-state index contributed by atoms with van der Waals surface area (Å²) in [5, 5.41) is 16.4. The maximum absolute atomic E-state index is 10.9. The normalized spacial score (nSPS) is 12.8. The van der Waals surface area contributed by atoms with E-state index in [-0.39, 0.29) is 10.8 Å². The van der Waals surface area contributed by atoms with Crippen LogP contribution < -0.4 is 11.1 Å². The SMILES string of the molecule is CC(C)(C)c1cc(CCNCc2ccc(N=C(N)c3cccs3)cc2)cc(C(C)(C)C)c1O. The number of aromatic hydroxyl groups is 1. The number of nitrogens with two attached hydrogens (primary N) is 1. The minimum atomic E-state index is -0.107. The Bertz CT molecular complexity index is 1050. The molecule has 0 atom stereocenters. The predicted molar refractivity (Wildman–Crippen MR) is 142 cm³/mol. The molecule has 1 aromatic heterocycles. The lowest BCUT2D eigenvalue weighted by molar-refractivity contribution is 0.422. The Morgan fingerprint density at radius 1 is 0.939 bits per heavy atom. The molecular formula is C28H37N3OS. The third kappa shape index (κ3) is 6.68. The van der Waals surface area contributed by atoms with Crippen molar-refractivity contribution in [2.45, 2.75) is 65.3 Å². The molecule has 0 saturated heterocycles. The Kier molecular flexibility index (Phi) is 7.65. The number of benzene rings is 2. The summed E-state index contributed by atoms with van der Waals surface area (Å²) in [5.74, 6) is 0.989. The third-order valence-electron chi connectivity index (χ3n) is 5.66. The Hall–Kier alpha value is -2.63. The number of nitrogens with one attached hydrogen (secondary N) is 1. The summed E-state index contributed by atoms with van der Waals surface area (Å²) in [6.45, 7) is 14.6. The van der Waals surface area contributed by atoms with Crippen molar-refractivity contribution in [2.75, 3.05) is 6.54 Å². The van der Waals surface area contributed by atoms with E-state index in [1.165, 1.54) is 11.1 Å². The zero-order valence-corrected chi connectivity index (χ0v) is 21.5. The van der Waals surface area contributed by atoms with Gasteiger partial charge in [-0.1, -0.05) is 71.9 Å². The van der Waals surface area contributed by atoms with Gasteiger partial charge in [-0.3, -0.25) is 0 Å². The van der Waals surface area contributed by atoms with Gasteiger partial charge in [0.1, 0.15) is 11.6 Å². The van der Waals surface area contributed by atoms with Gasteiger partial charge in [-0.25, -0.2) is 4.99 Å². The van der Waals surface area contributed by atoms with Gasteiger partial charge in [-0.15, -0.1) is 11.3 Å². The van der Waals surface area contributed by atoms with Crippen molar-refractivity contribution in [3.8, 4) is 5.75 Å². The summed E-state index contributed by atoms with van der Waals surface area (Å²) in [4.78, 5) is 5.49. The zero-order valence-electron chi connectivity index (χ0n) is 20.7. The van der Waals surface area contributed by atoms with Crippen molar-refractivity contribution >= 4 is 22.9 Å². The van der Waals surface area contributed by atoms with Crippen LogP contribution in [0.4, 0.5) is 5.69 Å². The van der Waals surface area contributed by atoms with Gasteiger partial charge >= 0.3 is 0 Å². The first-order valence-electron chi connectivity index (χ1n) is 11.5. The van der Waals surface area contributed by atoms with Crippen LogP contribution >= 0.6 is 11.3 Å². The summed E-state index contributed by atoms with van der Waals surface area (Å²) in [6, 6.07) is 16.5. The van der Waals surface area contributed by atoms with Gasteiger partial charge in [0.15, 0.2) is 0 Å². The molecule has 4 nitrogen and oxygen atoms in total. The number of phenols is 1. The number of nitrogens with zero attached hydrogens (tertiary/aromatic N) is 1. The summed E-state index contributed by atoms with van der Waals surface area (Å²) in [6.07, 6.45) is 0.909. The lowest BCUT2D eigenvalue weighted by Gasteiger charge is -2.28. The molecule has 0 aliphatic rings. The van der Waals surface area contributed by atoms with Crippen LogP contribution in [-0.4, -0.2) is 17.5 Å². The van der Waals surface area contributed by atoms with Gasteiger partial charge in [0.05, 0.1) is 10.6 Å². The molecule has 0 spiro atoms. The highest BCUT2D eigenvalue weighted by Gasteiger charge is 2.26. The van der Waals surface area contributed by atoms with Crippen molar-refractivity contribution in [2.24, 2.45) is 10.7 Å². The van der Waals surface area contributed by atoms with Crippen molar-refractivity contribution in [1.29, 1.82) is 0 Å². The van der Waals surface area contributed by atoms with Gasteiger partial charge in [0.2, 0.25) is 0 Å². The second kappa shape index (κ2) is 10.1. The molecule has 3 aromatic rings. The molecule has 3 rings (SSSR count).